The maximum Gasteiger partial charge on any atom is 0.227 e. The van der Waals surface area contributed by atoms with Crippen molar-refractivity contribution in [1.29, 1.82) is 0 Å². The summed E-state index contributed by atoms with van der Waals surface area (Å²) in [5.74, 6) is 0.838. The number of hydrogen-bond donors (Lipinski definition) is 2. The Morgan fingerprint density at radius 3 is 2.47 bits per heavy atom. The molecule has 0 aliphatic rings. The molecule has 0 saturated heterocycles. The van der Waals surface area contributed by atoms with Crippen molar-refractivity contribution in [3.63, 3.8) is 0 Å². The Hall–Kier alpha value is -1.39. The number of nitrogens with zero attached hydrogens (tertiary/aromatic N) is 3. The number of unbranched alkanes of at least 4 members (excludes halogenated alkanes) is 6. The first-order valence-electron chi connectivity index (χ1n) is 6.51. The Morgan fingerprint density at radius 2 is 1.76 bits per heavy atom. The quantitative estimate of drug-likeness (QED) is 0.646. The van der Waals surface area contributed by atoms with Crippen LogP contribution in [0.5, 0.6) is 0 Å². The molecular weight excluding hydrogens is 214 g/mol. The van der Waals surface area contributed by atoms with Crippen LogP contribution in [-0.4, -0.2) is 21.5 Å². The molecule has 0 unspecified atom stereocenters. The summed E-state index contributed by atoms with van der Waals surface area (Å²) < 4.78 is 0. The van der Waals surface area contributed by atoms with E-state index in [0.717, 1.165) is 13.0 Å². The van der Waals surface area contributed by atoms with E-state index < -0.39 is 0 Å². The third-order valence-corrected chi connectivity index (χ3v) is 2.65. The predicted molar refractivity (Wildman–Crippen MR) is 70.7 cm³/mol. The molecule has 0 aliphatic heterocycles. The Labute approximate surface area is 103 Å². The van der Waals surface area contributed by atoms with Gasteiger partial charge in [0.15, 0.2) is 0 Å². The summed E-state index contributed by atoms with van der Waals surface area (Å²) in [6, 6.07) is 0. The highest BCUT2D eigenvalue weighted by Gasteiger charge is 1.96. The number of rotatable bonds is 9. The van der Waals surface area contributed by atoms with Crippen LogP contribution < -0.4 is 11.1 Å². The van der Waals surface area contributed by atoms with Crippen molar-refractivity contribution in [2.24, 2.45) is 0 Å². The van der Waals surface area contributed by atoms with Crippen molar-refractivity contribution in [3.05, 3.63) is 6.33 Å². The second kappa shape index (κ2) is 8.73. The van der Waals surface area contributed by atoms with Crippen molar-refractivity contribution in [2.45, 2.75) is 51.9 Å². The fourth-order valence-electron chi connectivity index (χ4n) is 1.68. The molecular formula is C12H23N5. The van der Waals surface area contributed by atoms with E-state index in [4.69, 9.17) is 5.73 Å². The van der Waals surface area contributed by atoms with Gasteiger partial charge in [0.1, 0.15) is 6.33 Å². The highest BCUT2D eigenvalue weighted by atomic mass is 15.2. The van der Waals surface area contributed by atoms with E-state index in [2.05, 4.69) is 27.2 Å². The standard InChI is InChI=1S/C12H23N5/c1-2-3-4-5-6-7-8-9-14-12-16-10-15-11(13)17-12/h10H,2-9H2,1H3,(H3,13,14,15,16,17). The van der Waals surface area contributed by atoms with Crippen LogP contribution >= 0.6 is 0 Å². The van der Waals surface area contributed by atoms with Crippen LogP contribution in [0.4, 0.5) is 11.9 Å². The van der Waals surface area contributed by atoms with Crippen molar-refractivity contribution in [1.82, 2.24) is 15.0 Å². The lowest BCUT2D eigenvalue weighted by Gasteiger charge is -2.04. The maximum atomic E-state index is 5.45. The van der Waals surface area contributed by atoms with E-state index in [1.54, 1.807) is 0 Å². The van der Waals surface area contributed by atoms with Gasteiger partial charge in [-0.2, -0.15) is 4.98 Å². The van der Waals surface area contributed by atoms with E-state index in [1.807, 2.05) is 0 Å². The minimum absolute atomic E-state index is 0.266. The smallest absolute Gasteiger partial charge is 0.227 e. The monoisotopic (exact) mass is 237 g/mol. The second-order valence-corrected chi connectivity index (χ2v) is 4.22. The van der Waals surface area contributed by atoms with Crippen LogP contribution in [0.15, 0.2) is 6.33 Å². The van der Waals surface area contributed by atoms with Gasteiger partial charge in [0.2, 0.25) is 11.9 Å². The van der Waals surface area contributed by atoms with E-state index in [1.165, 1.54) is 44.9 Å². The highest BCUT2D eigenvalue weighted by molar-refractivity contribution is 5.28. The van der Waals surface area contributed by atoms with Gasteiger partial charge in [-0.05, 0) is 6.42 Å². The molecule has 1 heterocycles. The molecule has 0 aliphatic carbocycles. The van der Waals surface area contributed by atoms with Crippen LogP contribution in [0.1, 0.15) is 51.9 Å². The van der Waals surface area contributed by atoms with Crippen molar-refractivity contribution >= 4 is 11.9 Å². The van der Waals surface area contributed by atoms with Gasteiger partial charge >= 0.3 is 0 Å². The SMILES string of the molecule is CCCCCCCCCNc1ncnc(N)n1. The van der Waals surface area contributed by atoms with Gasteiger partial charge in [0.25, 0.3) is 0 Å². The van der Waals surface area contributed by atoms with Crippen molar-refractivity contribution in [2.75, 3.05) is 17.6 Å². The molecule has 0 radical (unpaired) electrons. The summed E-state index contributed by atoms with van der Waals surface area (Å²) in [5.41, 5.74) is 5.45. The summed E-state index contributed by atoms with van der Waals surface area (Å²) in [5, 5.41) is 3.15. The fraction of sp³-hybridized carbons (Fsp3) is 0.750. The van der Waals surface area contributed by atoms with Crippen molar-refractivity contribution in [3.8, 4) is 0 Å². The molecule has 1 aromatic rings. The third kappa shape index (κ3) is 6.71. The predicted octanol–water partition coefficient (Wildman–Crippen LogP) is 2.62. The first-order chi connectivity index (χ1) is 8.33. The molecule has 3 N–H and O–H groups in total. The number of nitrogens with one attached hydrogen (secondary N) is 1. The van der Waals surface area contributed by atoms with Crippen molar-refractivity contribution < 1.29 is 0 Å². The summed E-state index contributed by atoms with van der Waals surface area (Å²) in [6.07, 6.45) is 10.6. The van der Waals surface area contributed by atoms with Crippen LogP contribution in [0.3, 0.4) is 0 Å². The minimum Gasteiger partial charge on any atom is -0.368 e. The number of hydrogen-bond acceptors (Lipinski definition) is 5. The maximum absolute atomic E-state index is 5.45. The lowest BCUT2D eigenvalue weighted by Crippen LogP contribution is -2.07. The van der Waals surface area contributed by atoms with Crippen LogP contribution in [-0.2, 0) is 0 Å². The minimum atomic E-state index is 0.266. The first-order valence-corrected chi connectivity index (χ1v) is 6.51. The molecule has 0 saturated carbocycles. The fourth-order valence-corrected chi connectivity index (χ4v) is 1.68. The van der Waals surface area contributed by atoms with Gasteiger partial charge in [-0.25, -0.2) is 9.97 Å². The van der Waals surface area contributed by atoms with Gasteiger partial charge in [0.05, 0.1) is 0 Å². The normalized spacial score (nSPS) is 10.4. The van der Waals surface area contributed by atoms with Crippen LogP contribution in [0.25, 0.3) is 0 Å². The number of nitrogens with two attached hydrogens (primary N) is 1. The molecule has 0 bridgehead atoms. The summed E-state index contributed by atoms with van der Waals surface area (Å²) >= 11 is 0. The molecule has 0 aromatic carbocycles. The Bertz CT molecular complexity index is 303. The number of nitrogen functional groups attached to an aromatic ring is 1. The zero-order valence-electron chi connectivity index (χ0n) is 10.7. The number of anilines is 2. The summed E-state index contributed by atoms with van der Waals surface area (Å²) in [4.78, 5) is 11.7. The van der Waals surface area contributed by atoms with Gasteiger partial charge in [-0.1, -0.05) is 45.4 Å². The Morgan fingerprint density at radius 1 is 1.06 bits per heavy atom. The Balaban J connectivity index is 1.97. The first kappa shape index (κ1) is 13.7. The molecule has 17 heavy (non-hydrogen) atoms. The molecule has 96 valence electrons. The van der Waals surface area contributed by atoms with E-state index in [0.29, 0.717) is 5.95 Å². The molecule has 0 atom stereocenters. The van der Waals surface area contributed by atoms with Gasteiger partial charge in [-0.15, -0.1) is 0 Å². The van der Waals surface area contributed by atoms with E-state index in [9.17, 15) is 0 Å². The highest BCUT2D eigenvalue weighted by Crippen LogP contribution is 2.07. The molecule has 5 nitrogen and oxygen atoms in total. The van der Waals surface area contributed by atoms with E-state index >= 15 is 0 Å². The zero-order chi connectivity index (χ0) is 12.3. The van der Waals surface area contributed by atoms with Crippen LogP contribution in [0.2, 0.25) is 0 Å². The lowest BCUT2D eigenvalue weighted by molar-refractivity contribution is 0.596. The zero-order valence-corrected chi connectivity index (χ0v) is 10.7. The molecule has 5 heteroatoms. The molecule has 0 fully saturated rings. The summed E-state index contributed by atoms with van der Waals surface area (Å²) in [6.45, 7) is 3.14. The third-order valence-electron chi connectivity index (χ3n) is 2.65. The largest absolute Gasteiger partial charge is 0.368 e. The van der Waals surface area contributed by atoms with Crippen LogP contribution in [0, 0.1) is 0 Å². The molecule has 0 spiro atoms. The molecule has 1 rings (SSSR count). The number of aromatic nitrogens is 3. The van der Waals surface area contributed by atoms with Gasteiger partial charge < -0.3 is 11.1 Å². The average Bonchev–Trinajstić information content (AvgIpc) is 2.33. The van der Waals surface area contributed by atoms with Gasteiger partial charge in [0, 0.05) is 6.54 Å². The van der Waals surface area contributed by atoms with E-state index in [-0.39, 0.29) is 5.95 Å². The topological polar surface area (TPSA) is 76.7 Å². The second-order valence-electron chi connectivity index (χ2n) is 4.22. The average molecular weight is 237 g/mol. The molecule has 0 amide bonds. The summed E-state index contributed by atoms with van der Waals surface area (Å²) in [7, 11) is 0. The Kier molecular flexibility index (Phi) is 7.02. The lowest BCUT2D eigenvalue weighted by atomic mass is 10.1. The van der Waals surface area contributed by atoms with Gasteiger partial charge in [-0.3, -0.25) is 0 Å². The molecule has 1 aromatic heterocycles.